The van der Waals surface area contributed by atoms with Crippen molar-refractivity contribution >= 4 is 17.5 Å². The van der Waals surface area contributed by atoms with Crippen molar-refractivity contribution in [2.24, 2.45) is 0 Å². The molecule has 0 bridgehead atoms. The van der Waals surface area contributed by atoms with E-state index in [1.807, 2.05) is 32.0 Å². The summed E-state index contributed by atoms with van der Waals surface area (Å²) in [7, 11) is 0. The molecule has 2 rings (SSSR count). The molecule has 23 heavy (non-hydrogen) atoms. The maximum absolute atomic E-state index is 11.8. The third-order valence-electron chi connectivity index (χ3n) is 3.54. The van der Waals surface area contributed by atoms with E-state index in [0.29, 0.717) is 11.3 Å². The first-order valence-electron chi connectivity index (χ1n) is 7.32. The predicted molar refractivity (Wildman–Crippen MR) is 90.0 cm³/mol. The van der Waals surface area contributed by atoms with Gasteiger partial charge in [-0.15, -0.1) is 0 Å². The van der Waals surface area contributed by atoms with Crippen molar-refractivity contribution < 1.29 is 14.3 Å². The lowest BCUT2D eigenvalue weighted by atomic mass is 10.1. The van der Waals surface area contributed by atoms with Gasteiger partial charge in [-0.25, -0.2) is 4.79 Å². The van der Waals surface area contributed by atoms with Crippen LogP contribution in [0.5, 0.6) is 5.75 Å². The average Bonchev–Trinajstić information content (AvgIpc) is 2.51. The molecule has 2 aromatic carbocycles. The minimum Gasteiger partial charge on any atom is -0.473 e. The number of ether oxygens (including phenoxy) is 1. The Morgan fingerprint density at radius 3 is 2.57 bits per heavy atom. The fourth-order valence-corrected chi connectivity index (χ4v) is 2.05. The van der Waals surface area contributed by atoms with Gasteiger partial charge in [0.2, 0.25) is 0 Å². The van der Waals surface area contributed by atoms with Crippen LogP contribution in [0.2, 0.25) is 0 Å². The Morgan fingerprint density at radius 2 is 1.83 bits per heavy atom. The first-order chi connectivity index (χ1) is 11.0. The second-order valence-electron chi connectivity index (χ2n) is 5.25. The SMILES string of the molecule is CC(=O)c1cccc(NC(=O)NCOc2cccc(C)c2C)c1. The molecule has 0 fully saturated rings. The quantitative estimate of drug-likeness (QED) is 0.654. The van der Waals surface area contributed by atoms with Crippen molar-refractivity contribution in [1.29, 1.82) is 0 Å². The molecule has 0 aromatic heterocycles. The Kier molecular flexibility index (Phi) is 5.36. The molecule has 0 saturated heterocycles. The third kappa shape index (κ3) is 4.57. The molecule has 0 atom stereocenters. The van der Waals surface area contributed by atoms with Crippen LogP contribution in [0.4, 0.5) is 10.5 Å². The topological polar surface area (TPSA) is 67.4 Å². The number of hydrogen-bond donors (Lipinski definition) is 2. The summed E-state index contributed by atoms with van der Waals surface area (Å²) >= 11 is 0. The molecule has 2 aromatic rings. The lowest BCUT2D eigenvalue weighted by Crippen LogP contribution is -2.32. The van der Waals surface area contributed by atoms with Crippen molar-refractivity contribution in [2.45, 2.75) is 20.8 Å². The summed E-state index contributed by atoms with van der Waals surface area (Å²) in [5.74, 6) is 0.691. The van der Waals surface area contributed by atoms with Crippen molar-refractivity contribution in [3.8, 4) is 5.75 Å². The first kappa shape index (κ1) is 16.5. The Balaban J connectivity index is 1.87. The van der Waals surface area contributed by atoms with Crippen LogP contribution >= 0.6 is 0 Å². The van der Waals surface area contributed by atoms with Crippen LogP contribution in [0, 0.1) is 13.8 Å². The molecule has 2 N–H and O–H groups in total. The molecule has 0 aliphatic carbocycles. The zero-order valence-corrected chi connectivity index (χ0v) is 13.5. The number of Topliss-reactive ketones (excluding diaryl/α,β-unsaturated/α-hetero) is 1. The number of hydrogen-bond acceptors (Lipinski definition) is 3. The Labute approximate surface area is 135 Å². The van der Waals surface area contributed by atoms with Gasteiger partial charge < -0.3 is 15.4 Å². The summed E-state index contributed by atoms with van der Waals surface area (Å²) in [6, 6.07) is 12.2. The van der Waals surface area contributed by atoms with Gasteiger partial charge in [0.05, 0.1) is 0 Å². The standard InChI is InChI=1S/C18H20N2O3/c1-12-6-4-9-17(13(12)2)23-11-19-18(22)20-16-8-5-7-15(10-16)14(3)21/h4-10H,11H2,1-3H3,(H2,19,20,22). The van der Waals surface area contributed by atoms with E-state index in [2.05, 4.69) is 10.6 Å². The second kappa shape index (κ2) is 7.45. The van der Waals surface area contributed by atoms with E-state index >= 15 is 0 Å². The normalized spacial score (nSPS) is 10.0. The van der Waals surface area contributed by atoms with E-state index in [1.165, 1.54) is 6.92 Å². The highest BCUT2D eigenvalue weighted by atomic mass is 16.5. The van der Waals surface area contributed by atoms with Gasteiger partial charge in [0, 0.05) is 11.3 Å². The summed E-state index contributed by atoms with van der Waals surface area (Å²) in [5.41, 5.74) is 3.29. The van der Waals surface area contributed by atoms with E-state index in [1.54, 1.807) is 24.3 Å². The number of carbonyl (C=O) groups is 2. The number of urea groups is 1. The van der Waals surface area contributed by atoms with Crippen molar-refractivity contribution in [1.82, 2.24) is 5.32 Å². The summed E-state index contributed by atoms with van der Waals surface area (Å²) in [5, 5.41) is 5.28. The molecule has 0 saturated carbocycles. The molecule has 0 aliphatic heterocycles. The van der Waals surface area contributed by atoms with Gasteiger partial charge >= 0.3 is 6.03 Å². The minimum atomic E-state index is -0.393. The third-order valence-corrected chi connectivity index (χ3v) is 3.54. The van der Waals surface area contributed by atoms with Gasteiger partial charge in [-0.05, 0) is 50.1 Å². The van der Waals surface area contributed by atoms with Gasteiger partial charge in [0.25, 0.3) is 0 Å². The summed E-state index contributed by atoms with van der Waals surface area (Å²) < 4.78 is 5.56. The molecule has 0 spiro atoms. The van der Waals surface area contributed by atoms with Crippen LogP contribution in [0.25, 0.3) is 0 Å². The Bertz CT molecular complexity index is 726. The monoisotopic (exact) mass is 312 g/mol. The summed E-state index contributed by atoms with van der Waals surface area (Å²) in [6.45, 7) is 5.52. The smallest absolute Gasteiger partial charge is 0.321 e. The number of aryl methyl sites for hydroxylation is 1. The van der Waals surface area contributed by atoms with Gasteiger partial charge in [0.15, 0.2) is 12.5 Å². The van der Waals surface area contributed by atoms with Gasteiger partial charge in [-0.1, -0.05) is 24.3 Å². The Hall–Kier alpha value is -2.82. The molecule has 0 radical (unpaired) electrons. The second-order valence-corrected chi connectivity index (χ2v) is 5.25. The minimum absolute atomic E-state index is 0.0488. The number of ketones is 1. The molecule has 5 nitrogen and oxygen atoms in total. The van der Waals surface area contributed by atoms with E-state index < -0.39 is 6.03 Å². The number of benzene rings is 2. The lowest BCUT2D eigenvalue weighted by molar-refractivity contribution is 0.101. The first-order valence-corrected chi connectivity index (χ1v) is 7.32. The number of carbonyl (C=O) groups excluding carboxylic acids is 2. The molecule has 2 amide bonds. The highest BCUT2D eigenvalue weighted by molar-refractivity contribution is 5.96. The van der Waals surface area contributed by atoms with Crippen LogP contribution in [0.1, 0.15) is 28.4 Å². The highest BCUT2D eigenvalue weighted by Crippen LogP contribution is 2.20. The number of amides is 2. The predicted octanol–water partition coefficient (Wildman–Crippen LogP) is 3.66. The maximum atomic E-state index is 11.8. The maximum Gasteiger partial charge on any atom is 0.321 e. The Morgan fingerprint density at radius 1 is 1.09 bits per heavy atom. The van der Waals surface area contributed by atoms with Crippen LogP contribution in [0.3, 0.4) is 0 Å². The molecule has 0 unspecified atom stereocenters. The van der Waals surface area contributed by atoms with E-state index in [-0.39, 0.29) is 12.5 Å². The molecular formula is C18H20N2O3. The largest absolute Gasteiger partial charge is 0.473 e. The van der Waals surface area contributed by atoms with Crippen LogP contribution in [-0.2, 0) is 0 Å². The summed E-state index contributed by atoms with van der Waals surface area (Å²) in [4.78, 5) is 23.2. The van der Waals surface area contributed by atoms with Gasteiger partial charge in [0.1, 0.15) is 5.75 Å². The zero-order valence-electron chi connectivity index (χ0n) is 13.5. The highest BCUT2D eigenvalue weighted by Gasteiger charge is 2.05. The van der Waals surface area contributed by atoms with Crippen molar-refractivity contribution in [3.05, 3.63) is 59.2 Å². The molecular weight excluding hydrogens is 292 g/mol. The van der Waals surface area contributed by atoms with Gasteiger partial charge in [-0.2, -0.15) is 0 Å². The van der Waals surface area contributed by atoms with Crippen LogP contribution < -0.4 is 15.4 Å². The molecule has 120 valence electrons. The number of rotatable bonds is 5. The number of anilines is 1. The van der Waals surface area contributed by atoms with Crippen LogP contribution in [0.15, 0.2) is 42.5 Å². The van der Waals surface area contributed by atoms with E-state index in [9.17, 15) is 9.59 Å². The van der Waals surface area contributed by atoms with Crippen molar-refractivity contribution in [2.75, 3.05) is 12.0 Å². The molecule has 0 aliphatic rings. The van der Waals surface area contributed by atoms with Gasteiger partial charge in [-0.3, -0.25) is 4.79 Å². The fraction of sp³-hybridized carbons (Fsp3) is 0.222. The fourth-order valence-electron chi connectivity index (χ4n) is 2.05. The lowest BCUT2D eigenvalue weighted by Gasteiger charge is -2.12. The zero-order chi connectivity index (χ0) is 16.8. The van der Waals surface area contributed by atoms with Crippen LogP contribution in [-0.4, -0.2) is 18.5 Å². The van der Waals surface area contributed by atoms with E-state index in [0.717, 1.165) is 16.9 Å². The molecule has 0 heterocycles. The number of nitrogens with one attached hydrogen (secondary N) is 2. The molecule has 5 heteroatoms. The average molecular weight is 312 g/mol. The van der Waals surface area contributed by atoms with Crippen molar-refractivity contribution in [3.63, 3.8) is 0 Å². The van der Waals surface area contributed by atoms with E-state index in [4.69, 9.17) is 4.74 Å². The summed E-state index contributed by atoms with van der Waals surface area (Å²) in [6.07, 6.45) is 0.